The molecule has 0 unspecified atom stereocenters. The fourth-order valence-corrected chi connectivity index (χ4v) is 4.53. The molecule has 6 nitrogen and oxygen atoms in total. The molecule has 1 heterocycles. The van der Waals surface area contributed by atoms with Crippen molar-refractivity contribution in [2.45, 2.75) is 23.8 Å². The first-order valence-corrected chi connectivity index (χ1v) is 9.07. The molecule has 0 fully saturated rings. The van der Waals surface area contributed by atoms with Crippen molar-refractivity contribution < 1.29 is 18.4 Å². The summed E-state index contributed by atoms with van der Waals surface area (Å²) in [5, 5.41) is 10.7. The van der Waals surface area contributed by atoms with E-state index in [-0.39, 0.29) is 17.9 Å². The molecule has 0 bridgehead atoms. The fourth-order valence-electron chi connectivity index (χ4n) is 2.88. The molecule has 0 aliphatic carbocycles. The number of hydrogen-bond acceptors (Lipinski definition) is 4. The summed E-state index contributed by atoms with van der Waals surface area (Å²) in [6.45, 7) is 0.184. The van der Waals surface area contributed by atoms with Crippen molar-refractivity contribution in [3.8, 4) is 0 Å². The van der Waals surface area contributed by atoms with Crippen LogP contribution < -0.4 is 5.48 Å². The van der Waals surface area contributed by atoms with Crippen LogP contribution in [0.5, 0.6) is 0 Å². The lowest BCUT2D eigenvalue weighted by Gasteiger charge is -2.27. The highest BCUT2D eigenvalue weighted by atomic mass is 32.2. The average Bonchev–Trinajstić information content (AvgIpc) is 2.87. The monoisotopic (exact) mass is 346 g/mol. The Balaban J connectivity index is 2.04. The maximum absolute atomic E-state index is 13.1. The number of hydrogen-bond donors (Lipinski definition) is 2. The van der Waals surface area contributed by atoms with E-state index in [2.05, 4.69) is 0 Å². The zero-order chi connectivity index (χ0) is 17.2. The van der Waals surface area contributed by atoms with Gasteiger partial charge in [-0.05, 0) is 35.7 Å². The van der Waals surface area contributed by atoms with Gasteiger partial charge in [0.25, 0.3) is 5.91 Å². The molecule has 24 heavy (non-hydrogen) atoms. The third kappa shape index (κ3) is 3.06. The number of amides is 1. The highest BCUT2D eigenvalue weighted by Gasteiger charge is 2.35. The van der Waals surface area contributed by atoms with E-state index in [1.54, 1.807) is 29.8 Å². The summed E-state index contributed by atoms with van der Waals surface area (Å²) >= 11 is 0. The first-order chi connectivity index (χ1) is 11.5. The fraction of sp³-hybridized carbons (Fsp3) is 0.235. The molecule has 0 saturated heterocycles. The Bertz CT molecular complexity index is 892. The molecule has 2 N–H and O–H groups in total. The van der Waals surface area contributed by atoms with Crippen LogP contribution in [0, 0.1) is 0 Å². The Kier molecular flexibility index (Phi) is 4.66. The molecule has 3 rings (SSSR count). The van der Waals surface area contributed by atoms with Gasteiger partial charge in [0.05, 0.1) is 4.90 Å². The molecule has 1 amide bonds. The third-order valence-corrected chi connectivity index (χ3v) is 6.03. The zero-order valence-electron chi connectivity index (χ0n) is 12.9. The molecule has 1 aliphatic heterocycles. The van der Waals surface area contributed by atoms with Gasteiger partial charge in [0.15, 0.2) is 0 Å². The molecule has 126 valence electrons. The van der Waals surface area contributed by atoms with Crippen molar-refractivity contribution in [3.63, 3.8) is 0 Å². The van der Waals surface area contributed by atoms with Crippen LogP contribution in [-0.2, 0) is 14.8 Å². The summed E-state index contributed by atoms with van der Waals surface area (Å²) in [7, 11) is -3.86. The van der Waals surface area contributed by atoms with Crippen LogP contribution >= 0.6 is 0 Å². The Morgan fingerprint density at radius 2 is 1.88 bits per heavy atom. The minimum Gasteiger partial charge on any atom is -0.289 e. The number of nitrogens with zero attached hydrogens (tertiary/aromatic N) is 1. The van der Waals surface area contributed by atoms with E-state index in [1.165, 1.54) is 0 Å². The molecule has 0 radical (unpaired) electrons. The van der Waals surface area contributed by atoms with Crippen LogP contribution in [0.3, 0.4) is 0 Å². The summed E-state index contributed by atoms with van der Waals surface area (Å²) in [5.74, 6) is -0.731. The first-order valence-electron chi connectivity index (χ1n) is 7.63. The molecule has 0 saturated carbocycles. The number of carbonyl (C=O) groups excluding carboxylic acids is 1. The van der Waals surface area contributed by atoms with E-state index in [9.17, 15) is 13.2 Å². The lowest BCUT2D eigenvalue weighted by molar-refractivity contribution is -0.133. The molecule has 7 heteroatoms. The smallest absolute Gasteiger partial charge is 0.262 e. The maximum Gasteiger partial charge on any atom is 0.262 e. The molecular formula is C17H18N2O4S. The van der Waals surface area contributed by atoms with E-state index in [1.807, 2.05) is 30.3 Å². The van der Waals surface area contributed by atoms with Gasteiger partial charge in [-0.2, -0.15) is 4.31 Å². The van der Waals surface area contributed by atoms with Crippen LogP contribution in [-0.4, -0.2) is 36.4 Å². The largest absolute Gasteiger partial charge is 0.289 e. The summed E-state index contributed by atoms with van der Waals surface area (Å²) in [5.41, 5.74) is 1.57. The van der Waals surface area contributed by atoms with Crippen molar-refractivity contribution in [3.05, 3.63) is 54.6 Å². The van der Waals surface area contributed by atoms with Crippen molar-refractivity contribution in [2.24, 2.45) is 0 Å². The Morgan fingerprint density at radius 3 is 2.62 bits per heavy atom. The normalized spacial score (nSPS) is 19.1. The summed E-state index contributed by atoms with van der Waals surface area (Å²) in [6.07, 6.45) is 4.34. The molecule has 2 aromatic rings. The second-order valence-corrected chi connectivity index (χ2v) is 7.50. The van der Waals surface area contributed by atoms with Crippen molar-refractivity contribution >= 4 is 26.7 Å². The van der Waals surface area contributed by atoms with E-state index >= 15 is 0 Å². The number of carbonyl (C=O) groups is 1. The van der Waals surface area contributed by atoms with Crippen molar-refractivity contribution in [2.75, 3.05) is 6.54 Å². The SMILES string of the molecule is O=C(NO)[C@H]1CC=CCCN1S(=O)(=O)c1ccc2ccccc2c1. The van der Waals surface area contributed by atoms with Gasteiger partial charge in [0, 0.05) is 6.54 Å². The predicted molar refractivity (Wildman–Crippen MR) is 89.9 cm³/mol. The quantitative estimate of drug-likeness (QED) is 0.506. The second kappa shape index (κ2) is 6.72. The second-order valence-electron chi connectivity index (χ2n) is 5.61. The van der Waals surface area contributed by atoms with Crippen LogP contribution in [0.15, 0.2) is 59.5 Å². The van der Waals surface area contributed by atoms with Gasteiger partial charge >= 0.3 is 0 Å². The third-order valence-electron chi connectivity index (χ3n) is 4.13. The lowest BCUT2D eigenvalue weighted by atomic mass is 10.1. The Labute approximate surface area is 140 Å². The van der Waals surface area contributed by atoms with Gasteiger partial charge in [-0.15, -0.1) is 0 Å². The molecule has 0 aromatic heterocycles. The zero-order valence-corrected chi connectivity index (χ0v) is 13.7. The van der Waals surface area contributed by atoms with Crippen LogP contribution in [0.4, 0.5) is 0 Å². The Hall–Kier alpha value is -2.22. The molecular weight excluding hydrogens is 328 g/mol. The number of benzene rings is 2. The first kappa shape index (κ1) is 16.6. The summed E-state index contributed by atoms with van der Waals surface area (Å²) < 4.78 is 27.3. The average molecular weight is 346 g/mol. The van der Waals surface area contributed by atoms with Gasteiger partial charge in [0.1, 0.15) is 6.04 Å². The lowest BCUT2D eigenvalue weighted by Crippen LogP contribution is -2.48. The predicted octanol–water partition coefficient (Wildman–Crippen LogP) is 2.05. The topological polar surface area (TPSA) is 86.7 Å². The molecule has 0 spiro atoms. The van der Waals surface area contributed by atoms with Gasteiger partial charge in [0.2, 0.25) is 10.0 Å². The van der Waals surface area contributed by atoms with E-state index in [0.29, 0.717) is 6.42 Å². The number of sulfonamides is 1. The standard InChI is InChI=1S/C17H18N2O4S/c20-17(18-21)16-8-2-1-5-11-19(16)24(22,23)15-10-9-13-6-3-4-7-14(13)12-15/h1-4,6-7,9-10,12,16,21H,5,8,11H2,(H,18,20)/t16-/m1/s1. The van der Waals surface area contributed by atoms with Crippen LogP contribution in [0.1, 0.15) is 12.8 Å². The maximum atomic E-state index is 13.1. The number of nitrogens with one attached hydrogen (secondary N) is 1. The van der Waals surface area contributed by atoms with Crippen molar-refractivity contribution in [1.29, 1.82) is 0 Å². The van der Waals surface area contributed by atoms with Crippen LogP contribution in [0.2, 0.25) is 0 Å². The number of rotatable bonds is 3. The van der Waals surface area contributed by atoms with Gasteiger partial charge in [-0.1, -0.05) is 42.5 Å². The van der Waals surface area contributed by atoms with Gasteiger partial charge in [-0.25, -0.2) is 13.9 Å². The van der Waals surface area contributed by atoms with E-state index in [4.69, 9.17) is 5.21 Å². The Morgan fingerprint density at radius 1 is 1.12 bits per heavy atom. The highest BCUT2D eigenvalue weighted by molar-refractivity contribution is 7.89. The summed E-state index contributed by atoms with van der Waals surface area (Å²) in [6, 6.07) is 11.4. The number of fused-ring (bicyclic) bond motifs is 1. The molecule has 1 atom stereocenters. The summed E-state index contributed by atoms with van der Waals surface area (Å²) in [4.78, 5) is 12.1. The van der Waals surface area contributed by atoms with E-state index in [0.717, 1.165) is 15.1 Å². The van der Waals surface area contributed by atoms with Crippen molar-refractivity contribution in [1.82, 2.24) is 9.79 Å². The highest BCUT2D eigenvalue weighted by Crippen LogP contribution is 2.25. The minimum atomic E-state index is -3.86. The van der Waals surface area contributed by atoms with Crippen LogP contribution in [0.25, 0.3) is 10.8 Å². The van der Waals surface area contributed by atoms with Gasteiger partial charge in [-0.3, -0.25) is 10.0 Å². The van der Waals surface area contributed by atoms with Gasteiger partial charge < -0.3 is 0 Å². The van der Waals surface area contributed by atoms with E-state index < -0.39 is 22.0 Å². The number of hydroxylamine groups is 1. The molecule has 1 aliphatic rings. The molecule has 2 aromatic carbocycles. The minimum absolute atomic E-state index is 0.138.